The molecule has 0 aliphatic carbocycles. The van der Waals surface area contributed by atoms with E-state index in [0.717, 1.165) is 37.1 Å². The van der Waals surface area contributed by atoms with Crippen molar-refractivity contribution in [2.45, 2.75) is 56.7 Å². The smallest absolute Gasteiger partial charge is 0.255 e. The number of carbonyl (C=O) groups excluding carboxylic acids is 5. The molecule has 12 heteroatoms. The number of para-hydroxylation sites is 1. The summed E-state index contributed by atoms with van der Waals surface area (Å²) in [6, 6.07) is 22.7. The van der Waals surface area contributed by atoms with E-state index in [9.17, 15) is 24.0 Å². The van der Waals surface area contributed by atoms with Gasteiger partial charge in [-0.05, 0) is 55.6 Å². The Hall–Kier alpha value is -5.23. The van der Waals surface area contributed by atoms with Crippen LogP contribution < -0.4 is 26.0 Å². The summed E-state index contributed by atoms with van der Waals surface area (Å²) in [6.45, 7) is 2.72. The summed E-state index contributed by atoms with van der Waals surface area (Å²) in [4.78, 5) is 71.7. The standard InChI is InChI=1S/C39H48N6O6/c1-44-26-36(47)41-30(23-28-13-5-2-6-14-28)27-51-34-18-10-9-17-31(34)37(48)43-32(38(49)40-19-22-45-20-11-4-12-21-45)25-35(46)42-33(39(44)50)24-29-15-7-3-8-16-29/h2-3,5-10,13-18,30,32-33H,4,11-12,19-27H2,1H3,(H,40,49)(H,41,47)(H,42,46)(H,43,48)/t30-,32+,33+/m1/s1. The van der Waals surface area contributed by atoms with Gasteiger partial charge < -0.3 is 35.8 Å². The highest BCUT2D eigenvalue weighted by atomic mass is 16.5. The molecule has 0 spiro atoms. The van der Waals surface area contributed by atoms with E-state index in [4.69, 9.17) is 4.74 Å². The largest absolute Gasteiger partial charge is 0.491 e. The number of ether oxygens (including phenoxy) is 1. The minimum atomic E-state index is -1.23. The Morgan fingerprint density at radius 2 is 1.43 bits per heavy atom. The number of likely N-dealkylation sites (N-methyl/N-ethyl adjacent to an activating group) is 1. The van der Waals surface area contributed by atoms with E-state index in [1.165, 1.54) is 18.4 Å². The molecule has 270 valence electrons. The van der Waals surface area contributed by atoms with E-state index in [0.29, 0.717) is 19.5 Å². The molecule has 5 amide bonds. The van der Waals surface area contributed by atoms with E-state index in [1.807, 2.05) is 60.7 Å². The first kappa shape index (κ1) is 37.0. The first-order valence-corrected chi connectivity index (χ1v) is 17.7. The van der Waals surface area contributed by atoms with Crippen molar-refractivity contribution >= 4 is 29.5 Å². The van der Waals surface area contributed by atoms with Gasteiger partial charge in [-0.15, -0.1) is 0 Å². The molecule has 2 aliphatic heterocycles. The van der Waals surface area contributed by atoms with Crippen molar-refractivity contribution in [2.75, 3.05) is 46.4 Å². The molecule has 3 aromatic rings. The number of piperidine rings is 1. The maximum Gasteiger partial charge on any atom is 0.255 e. The number of hydrogen-bond acceptors (Lipinski definition) is 7. The average Bonchev–Trinajstić information content (AvgIpc) is 3.14. The number of amides is 5. The second-order valence-corrected chi connectivity index (χ2v) is 13.2. The van der Waals surface area contributed by atoms with Gasteiger partial charge in [0.1, 0.15) is 24.4 Å². The molecule has 0 radical (unpaired) electrons. The lowest BCUT2D eigenvalue weighted by Crippen LogP contribution is -2.54. The van der Waals surface area contributed by atoms with Crippen LogP contribution in [0.15, 0.2) is 84.9 Å². The van der Waals surface area contributed by atoms with Gasteiger partial charge in [0.25, 0.3) is 5.91 Å². The molecule has 2 aliphatic rings. The van der Waals surface area contributed by atoms with Crippen LogP contribution in [0.5, 0.6) is 5.75 Å². The highest BCUT2D eigenvalue weighted by Gasteiger charge is 2.31. The predicted molar refractivity (Wildman–Crippen MR) is 193 cm³/mol. The monoisotopic (exact) mass is 696 g/mol. The van der Waals surface area contributed by atoms with Gasteiger partial charge in [-0.1, -0.05) is 79.2 Å². The fourth-order valence-electron chi connectivity index (χ4n) is 6.43. The molecule has 1 fully saturated rings. The van der Waals surface area contributed by atoms with Gasteiger partial charge >= 0.3 is 0 Å². The zero-order valence-electron chi connectivity index (χ0n) is 29.1. The van der Waals surface area contributed by atoms with Crippen molar-refractivity contribution in [1.29, 1.82) is 0 Å². The van der Waals surface area contributed by atoms with E-state index in [2.05, 4.69) is 26.2 Å². The van der Waals surface area contributed by atoms with Crippen LogP contribution in [0.25, 0.3) is 0 Å². The lowest BCUT2D eigenvalue weighted by Gasteiger charge is -2.27. The van der Waals surface area contributed by atoms with E-state index >= 15 is 0 Å². The Morgan fingerprint density at radius 3 is 2.14 bits per heavy atom. The third-order valence-corrected chi connectivity index (χ3v) is 9.12. The molecule has 12 nitrogen and oxygen atoms in total. The van der Waals surface area contributed by atoms with Crippen molar-refractivity contribution in [2.24, 2.45) is 0 Å². The van der Waals surface area contributed by atoms with Crippen molar-refractivity contribution in [3.8, 4) is 5.75 Å². The summed E-state index contributed by atoms with van der Waals surface area (Å²) in [6.07, 6.45) is 3.61. The molecule has 1 saturated heterocycles. The molecule has 0 bridgehead atoms. The van der Waals surface area contributed by atoms with Crippen molar-refractivity contribution in [1.82, 2.24) is 31.1 Å². The van der Waals surface area contributed by atoms with Crippen molar-refractivity contribution in [3.05, 3.63) is 102 Å². The summed E-state index contributed by atoms with van der Waals surface area (Å²) in [5.74, 6) is -2.32. The first-order valence-electron chi connectivity index (χ1n) is 17.7. The zero-order valence-corrected chi connectivity index (χ0v) is 29.1. The highest BCUT2D eigenvalue weighted by molar-refractivity contribution is 6.01. The van der Waals surface area contributed by atoms with Crippen LogP contribution in [0.1, 0.15) is 47.2 Å². The Kier molecular flexibility index (Phi) is 13.6. The van der Waals surface area contributed by atoms with Gasteiger partial charge in [-0.2, -0.15) is 0 Å². The van der Waals surface area contributed by atoms with Crippen LogP contribution in [-0.2, 0) is 32.0 Å². The molecule has 3 atom stereocenters. The number of rotatable bonds is 8. The SMILES string of the molecule is CN1CC(=O)N[C@H](Cc2ccccc2)COc2ccccc2C(=O)N[C@H](C(=O)NCCN2CCCCC2)CC(=O)N[C@@H](Cc2ccccc2)C1=O. The van der Waals surface area contributed by atoms with E-state index < -0.39 is 54.1 Å². The topological polar surface area (TPSA) is 149 Å². The molecule has 0 unspecified atom stereocenters. The number of fused-ring (bicyclic) bond motifs is 1. The third-order valence-electron chi connectivity index (χ3n) is 9.12. The number of hydrogen-bond donors (Lipinski definition) is 4. The fraction of sp³-hybridized carbons (Fsp3) is 0.410. The number of nitrogens with zero attached hydrogens (tertiary/aromatic N) is 2. The van der Waals surface area contributed by atoms with Gasteiger partial charge in [-0.3, -0.25) is 24.0 Å². The van der Waals surface area contributed by atoms with E-state index in [1.54, 1.807) is 24.3 Å². The molecule has 2 heterocycles. The lowest BCUT2D eigenvalue weighted by atomic mass is 10.0. The summed E-state index contributed by atoms with van der Waals surface area (Å²) in [7, 11) is 1.51. The minimum Gasteiger partial charge on any atom is -0.491 e. The normalized spacial score (nSPS) is 21.3. The lowest BCUT2D eigenvalue weighted by molar-refractivity contribution is -0.138. The van der Waals surface area contributed by atoms with Crippen LogP contribution in [-0.4, -0.2) is 104 Å². The summed E-state index contributed by atoms with van der Waals surface area (Å²) < 4.78 is 6.16. The molecule has 4 N–H and O–H groups in total. The molecule has 5 rings (SSSR count). The van der Waals surface area contributed by atoms with Crippen LogP contribution in [0, 0.1) is 0 Å². The van der Waals surface area contributed by atoms with Gasteiger partial charge in [0.15, 0.2) is 0 Å². The first-order chi connectivity index (χ1) is 24.7. The van der Waals surface area contributed by atoms with Crippen LogP contribution in [0.2, 0.25) is 0 Å². The predicted octanol–water partition coefficient (Wildman–Crippen LogP) is 2.08. The van der Waals surface area contributed by atoms with E-state index in [-0.39, 0.29) is 30.9 Å². The summed E-state index contributed by atoms with van der Waals surface area (Å²) in [5, 5.41) is 11.4. The quantitative estimate of drug-likeness (QED) is 0.282. The van der Waals surface area contributed by atoms with Gasteiger partial charge in [-0.25, -0.2) is 0 Å². The zero-order chi connectivity index (χ0) is 36.0. The number of carbonyl (C=O) groups is 5. The Labute approximate surface area is 299 Å². The summed E-state index contributed by atoms with van der Waals surface area (Å²) in [5.41, 5.74) is 1.94. The Morgan fingerprint density at radius 1 is 0.784 bits per heavy atom. The maximum absolute atomic E-state index is 13.8. The molecule has 51 heavy (non-hydrogen) atoms. The fourth-order valence-corrected chi connectivity index (χ4v) is 6.43. The second-order valence-electron chi connectivity index (χ2n) is 13.2. The van der Waals surface area contributed by atoms with Crippen molar-refractivity contribution < 1.29 is 28.7 Å². The molecular formula is C39H48N6O6. The van der Waals surface area contributed by atoms with Gasteiger partial charge in [0.2, 0.25) is 23.6 Å². The van der Waals surface area contributed by atoms with Crippen LogP contribution in [0.4, 0.5) is 0 Å². The number of benzene rings is 3. The van der Waals surface area contributed by atoms with Gasteiger partial charge in [0.05, 0.1) is 24.6 Å². The molecular weight excluding hydrogens is 648 g/mol. The molecule has 3 aromatic carbocycles. The van der Waals surface area contributed by atoms with Crippen LogP contribution >= 0.6 is 0 Å². The molecule has 0 saturated carbocycles. The van der Waals surface area contributed by atoms with Crippen LogP contribution in [0.3, 0.4) is 0 Å². The van der Waals surface area contributed by atoms with Gasteiger partial charge in [0, 0.05) is 26.6 Å². The minimum absolute atomic E-state index is 0.0275. The average molecular weight is 697 g/mol. The molecule has 0 aromatic heterocycles. The Balaban J connectivity index is 1.42. The van der Waals surface area contributed by atoms with Crippen molar-refractivity contribution in [3.63, 3.8) is 0 Å². The third kappa shape index (κ3) is 11.4. The highest BCUT2D eigenvalue weighted by Crippen LogP contribution is 2.19. The number of likely N-dealkylation sites (tertiary alicyclic amines) is 1. The Bertz CT molecular complexity index is 1630. The summed E-state index contributed by atoms with van der Waals surface area (Å²) >= 11 is 0. The maximum atomic E-state index is 13.8. The second kappa shape index (κ2) is 18.7. The number of nitrogens with one attached hydrogen (secondary N) is 4.